The van der Waals surface area contributed by atoms with Gasteiger partial charge in [-0.25, -0.2) is 14.8 Å². The number of nitrogens with zero attached hydrogens (tertiary/aromatic N) is 2. The highest BCUT2D eigenvalue weighted by Gasteiger charge is 2.19. The van der Waals surface area contributed by atoms with E-state index in [0.717, 1.165) is 0 Å². The second-order valence-corrected chi connectivity index (χ2v) is 4.81. The molecule has 7 nitrogen and oxygen atoms in total. The molecule has 3 N–H and O–H groups in total. The molecule has 3 aromatic rings. The lowest BCUT2D eigenvalue weighted by molar-refractivity contribution is 0.0528. The Morgan fingerprint density at radius 3 is 2.87 bits per heavy atom. The van der Waals surface area contributed by atoms with Gasteiger partial charge in [0.2, 0.25) is 5.91 Å². The van der Waals surface area contributed by atoms with Crippen molar-refractivity contribution in [2.45, 2.75) is 6.92 Å². The zero-order chi connectivity index (χ0) is 16.4. The van der Waals surface area contributed by atoms with Gasteiger partial charge >= 0.3 is 5.97 Å². The first-order valence-electron chi connectivity index (χ1n) is 7.01. The van der Waals surface area contributed by atoms with Crippen molar-refractivity contribution < 1.29 is 14.3 Å². The maximum absolute atomic E-state index is 12.1. The average Bonchev–Trinajstić information content (AvgIpc) is 2.99. The monoisotopic (exact) mass is 310 g/mol. The quantitative estimate of drug-likeness (QED) is 0.715. The van der Waals surface area contributed by atoms with E-state index in [1.807, 2.05) is 0 Å². The predicted molar refractivity (Wildman–Crippen MR) is 83.8 cm³/mol. The molecule has 23 heavy (non-hydrogen) atoms. The lowest BCUT2D eigenvalue weighted by atomic mass is 10.0. The number of rotatable bonds is 4. The summed E-state index contributed by atoms with van der Waals surface area (Å²) in [7, 11) is 0. The second-order valence-electron chi connectivity index (χ2n) is 4.81. The van der Waals surface area contributed by atoms with Crippen LogP contribution in [0.25, 0.3) is 22.3 Å². The fourth-order valence-corrected chi connectivity index (χ4v) is 2.37. The first-order valence-corrected chi connectivity index (χ1v) is 7.01. The highest BCUT2D eigenvalue weighted by atomic mass is 16.5. The second kappa shape index (κ2) is 5.88. The summed E-state index contributed by atoms with van der Waals surface area (Å²) in [6, 6.07) is 6.75. The van der Waals surface area contributed by atoms with Gasteiger partial charge in [0.05, 0.1) is 23.3 Å². The van der Waals surface area contributed by atoms with E-state index in [4.69, 9.17) is 10.5 Å². The molecule has 0 unspecified atom stereocenters. The lowest BCUT2D eigenvalue weighted by Gasteiger charge is -2.06. The summed E-state index contributed by atoms with van der Waals surface area (Å²) in [5.41, 5.74) is 7.74. The third kappa shape index (κ3) is 2.64. The van der Waals surface area contributed by atoms with Gasteiger partial charge in [-0.3, -0.25) is 4.79 Å². The number of ether oxygens (including phenoxy) is 1. The van der Waals surface area contributed by atoms with Crippen LogP contribution in [0.15, 0.2) is 36.8 Å². The van der Waals surface area contributed by atoms with Crippen molar-refractivity contribution in [1.29, 1.82) is 0 Å². The Bertz CT molecular complexity index is 901. The molecule has 1 amide bonds. The maximum Gasteiger partial charge on any atom is 0.340 e. The number of fused-ring (bicyclic) bond motifs is 1. The topological polar surface area (TPSA) is 111 Å². The number of hydrogen-bond donors (Lipinski definition) is 2. The van der Waals surface area contributed by atoms with Crippen LogP contribution in [0.1, 0.15) is 27.6 Å². The molecule has 2 heterocycles. The van der Waals surface area contributed by atoms with Gasteiger partial charge in [-0.2, -0.15) is 0 Å². The van der Waals surface area contributed by atoms with Gasteiger partial charge in [0.1, 0.15) is 12.0 Å². The van der Waals surface area contributed by atoms with Crippen molar-refractivity contribution in [2.24, 2.45) is 5.73 Å². The van der Waals surface area contributed by atoms with Crippen molar-refractivity contribution in [3.8, 4) is 11.3 Å². The summed E-state index contributed by atoms with van der Waals surface area (Å²) in [6.45, 7) is 2.01. The molecule has 3 rings (SSSR count). The normalized spacial score (nSPS) is 10.7. The minimum atomic E-state index is -0.531. The van der Waals surface area contributed by atoms with Gasteiger partial charge < -0.3 is 15.5 Å². The van der Waals surface area contributed by atoms with Crippen LogP contribution in [-0.4, -0.2) is 33.4 Å². The number of carbonyl (C=O) groups excluding carboxylic acids is 2. The standard InChI is InChI=1S/C16H14N4O3/c1-2-23-16(22)11-7-18-15-12(11)13(19-8-20-15)9-4-3-5-10(6-9)14(17)21/h3-8H,2H2,1H3,(H2,17,21)(H,18,19,20). The number of primary amides is 1. The van der Waals surface area contributed by atoms with Gasteiger partial charge in [-0.05, 0) is 19.1 Å². The Balaban J connectivity index is 2.21. The van der Waals surface area contributed by atoms with Crippen LogP contribution in [0.3, 0.4) is 0 Å². The SMILES string of the molecule is CCOC(=O)c1c[nH]c2ncnc(-c3cccc(C(N)=O)c3)c12. The smallest absolute Gasteiger partial charge is 0.340 e. The summed E-state index contributed by atoms with van der Waals surface area (Å²) >= 11 is 0. The van der Waals surface area contributed by atoms with Gasteiger partial charge in [-0.1, -0.05) is 12.1 Å². The van der Waals surface area contributed by atoms with Crippen molar-refractivity contribution in [1.82, 2.24) is 15.0 Å². The van der Waals surface area contributed by atoms with Crippen molar-refractivity contribution in [3.05, 3.63) is 47.9 Å². The molecule has 2 aromatic heterocycles. The van der Waals surface area contributed by atoms with E-state index in [1.54, 1.807) is 37.4 Å². The molecule has 1 aromatic carbocycles. The van der Waals surface area contributed by atoms with E-state index in [-0.39, 0.29) is 6.61 Å². The van der Waals surface area contributed by atoms with Crippen molar-refractivity contribution in [2.75, 3.05) is 6.61 Å². The molecule has 0 saturated heterocycles. The average molecular weight is 310 g/mol. The third-order valence-electron chi connectivity index (χ3n) is 3.39. The van der Waals surface area contributed by atoms with Crippen molar-refractivity contribution >= 4 is 22.9 Å². The third-order valence-corrected chi connectivity index (χ3v) is 3.39. The molecule has 7 heteroatoms. The van der Waals surface area contributed by atoms with Crippen LogP contribution in [0.4, 0.5) is 0 Å². The molecule has 0 aliphatic carbocycles. The zero-order valence-electron chi connectivity index (χ0n) is 12.4. The van der Waals surface area contributed by atoms with E-state index >= 15 is 0 Å². The van der Waals surface area contributed by atoms with E-state index in [2.05, 4.69) is 15.0 Å². The molecule has 0 aliphatic rings. The van der Waals surface area contributed by atoms with E-state index in [9.17, 15) is 9.59 Å². The molecule has 116 valence electrons. The summed E-state index contributed by atoms with van der Waals surface area (Å²) in [6.07, 6.45) is 2.93. The van der Waals surface area contributed by atoms with Gasteiger partial charge in [-0.15, -0.1) is 0 Å². The minimum absolute atomic E-state index is 0.270. The first kappa shape index (κ1) is 14.7. The van der Waals surface area contributed by atoms with Crippen LogP contribution < -0.4 is 5.73 Å². The molecule has 0 atom stereocenters. The Labute approximate surface area is 131 Å². The van der Waals surface area contributed by atoms with Crippen LogP contribution in [0.5, 0.6) is 0 Å². The van der Waals surface area contributed by atoms with E-state index < -0.39 is 11.9 Å². The van der Waals surface area contributed by atoms with Gasteiger partial charge in [0.25, 0.3) is 0 Å². The number of hydrogen-bond acceptors (Lipinski definition) is 5. The number of carbonyl (C=O) groups is 2. The number of esters is 1. The van der Waals surface area contributed by atoms with E-state index in [0.29, 0.717) is 33.4 Å². The Morgan fingerprint density at radius 2 is 2.13 bits per heavy atom. The molecule has 0 saturated carbocycles. The van der Waals surface area contributed by atoms with E-state index in [1.165, 1.54) is 6.33 Å². The summed E-state index contributed by atoms with van der Waals surface area (Å²) in [4.78, 5) is 34.8. The lowest BCUT2D eigenvalue weighted by Crippen LogP contribution is -2.10. The highest BCUT2D eigenvalue weighted by Crippen LogP contribution is 2.29. The summed E-state index contributed by atoms with van der Waals surface area (Å²) in [5, 5.41) is 0.549. The largest absolute Gasteiger partial charge is 0.462 e. The van der Waals surface area contributed by atoms with Crippen LogP contribution in [-0.2, 0) is 4.74 Å². The molecule has 0 radical (unpaired) electrons. The van der Waals surface area contributed by atoms with Crippen LogP contribution in [0, 0.1) is 0 Å². The number of benzene rings is 1. The molecular weight excluding hydrogens is 296 g/mol. The van der Waals surface area contributed by atoms with Crippen LogP contribution >= 0.6 is 0 Å². The Kier molecular flexibility index (Phi) is 3.76. The first-order chi connectivity index (χ1) is 11.1. The Hall–Kier alpha value is -3.22. The predicted octanol–water partition coefficient (Wildman–Crippen LogP) is 1.90. The number of aromatic nitrogens is 3. The van der Waals surface area contributed by atoms with Gasteiger partial charge in [0, 0.05) is 17.3 Å². The summed E-state index contributed by atoms with van der Waals surface area (Å²) < 4.78 is 5.06. The fourth-order valence-electron chi connectivity index (χ4n) is 2.37. The molecule has 0 bridgehead atoms. The van der Waals surface area contributed by atoms with Crippen molar-refractivity contribution in [3.63, 3.8) is 0 Å². The number of nitrogens with one attached hydrogen (secondary N) is 1. The maximum atomic E-state index is 12.1. The molecular formula is C16H14N4O3. The fraction of sp³-hybridized carbons (Fsp3) is 0.125. The highest BCUT2D eigenvalue weighted by molar-refractivity contribution is 6.08. The molecule has 0 fully saturated rings. The summed E-state index contributed by atoms with van der Waals surface area (Å²) in [5.74, 6) is -0.988. The van der Waals surface area contributed by atoms with Gasteiger partial charge in [0.15, 0.2) is 0 Å². The molecule has 0 aliphatic heterocycles. The molecule has 0 spiro atoms. The zero-order valence-corrected chi connectivity index (χ0v) is 12.4. The minimum Gasteiger partial charge on any atom is -0.462 e. The Morgan fingerprint density at radius 1 is 1.30 bits per heavy atom. The number of nitrogens with two attached hydrogens (primary N) is 1. The van der Waals surface area contributed by atoms with Crippen LogP contribution in [0.2, 0.25) is 0 Å². The number of H-pyrrole nitrogens is 1. The number of aromatic amines is 1. The number of amides is 1.